The van der Waals surface area contributed by atoms with Crippen molar-refractivity contribution in [2.24, 2.45) is 7.05 Å². The first-order valence-electron chi connectivity index (χ1n) is 11.0. The highest BCUT2D eigenvalue weighted by Crippen LogP contribution is 2.32. The first-order chi connectivity index (χ1) is 16.8. The molecule has 0 unspecified atom stereocenters. The van der Waals surface area contributed by atoms with E-state index in [1.54, 1.807) is 29.2 Å². The van der Waals surface area contributed by atoms with Crippen molar-refractivity contribution in [3.63, 3.8) is 0 Å². The van der Waals surface area contributed by atoms with Crippen LogP contribution >= 0.6 is 0 Å². The van der Waals surface area contributed by atoms with E-state index < -0.39 is 5.91 Å². The van der Waals surface area contributed by atoms with E-state index in [0.717, 1.165) is 5.56 Å². The number of aliphatic hydroxyl groups is 1. The Morgan fingerprint density at radius 1 is 1.17 bits per heavy atom. The molecule has 0 aliphatic heterocycles. The van der Waals surface area contributed by atoms with Crippen molar-refractivity contribution in [2.45, 2.75) is 32.8 Å². The lowest BCUT2D eigenvalue weighted by Gasteiger charge is -2.16. The molecular formula is C24H24N8O3. The van der Waals surface area contributed by atoms with Crippen LogP contribution in [0.25, 0.3) is 28.2 Å². The van der Waals surface area contributed by atoms with E-state index in [-0.39, 0.29) is 17.8 Å². The van der Waals surface area contributed by atoms with Gasteiger partial charge in [-0.15, -0.1) is 0 Å². The van der Waals surface area contributed by atoms with E-state index in [1.807, 2.05) is 56.8 Å². The number of pyridine rings is 1. The van der Waals surface area contributed by atoms with Gasteiger partial charge in [0, 0.05) is 36.1 Å². The second-order valence-electron chi connectivity index (χ2n) is 9.11. The third-order valence-electron chi connectivity index (χ3n) is 5.45. The van der Waals surface area contributed by atoms with Crippen molar-refractivity contribution in [3.05, 3.63) is 66.2 Å². The number of benzene rings is 1. The van der Waals surface area contributed by atoms with E-state index in [1.165, 1.54) is 0 Å². The summed E-state index contributed by atoms with van der Waals surface area (Å²) in [5.41, 5.74) is 3.20. The van der Waals surface area contributed by atoms with E-state index in [4.69, 9.17) is 9.51 Å². The minimum absolute atomic E-state index is 0.0879. The molecule has 0 aliphatic rings. The fourth-order valence-electron chi connectivity index (χ4n) is 3.74. The molecule has 4 aromatic heterocycles. The lowest BCUT2D eigenvalue weighted by molar-refractivity contribution is 0.101. The van der Waals surface area contributed by atoms with Crippen LogP contribution in [0.2, 0.25) is 0 Å². The first-order valence-corrected chi connectivity index (χ1v) is 11.0. The smallest absolute Gasteiger partial charge is 0.297 e. The molecule has 0 saturated carbocycles. The molecular weight excluding hydrogens is 448 g/mol. The molecule has 1 amide bonds. The van der Waals surface area contributed by atoms with E-state index in [2.05, 4.69) is 25.5 Å². The molecule has 0 aliphatic carbocycles. The number of aliphatic hydroxyl groups excluding tert-OH is 1. The number of hydrogen-bond donors (Lipinski definition) is 2. The normalized spacial score (nSPS) is 11.8. The molecule has 11 nitrogen and oxygen atoms in total. The molecule has 0 radical (unpaired) electrons. The van der Waals surface area contributed by atoms with Gasteiger partial charge < -0.3 is 14.9 Å². The zero-order valence-electron chi connectivity index (χ0n) is 19.7. The van der Waals surface area contributed by atoms with E-state index in [9.17, 15) is 9.90 Å². The summed E-state index contributed by atoms with van der Waals surface area (Å²) in [6, 6.07) is 9.00. The third-order valence-corrected chi connectivity index (χ3v) is 5.45. The monoisotopic (exact) mass is 472 g/mol. The number of nitrogens with one attached hydrogen (secondary N) is 1. The predicted octanol–water partition coefficient (Wildman–Crippen LogP) is 3.25. The van der Waals surface area contributed by atoms with E-state index in [0.29, 0.717) is 39.8 Å². The van der Waals surface area contributed by atoms with Crippen LogP contribution in [-0.2, 0) is 19.1 Å². The van der Waals surface area contributed by atoms with Crippen LogP contribution in [0.5, 0.6) is 0 Å². The largest absolute Gasteiger partial charge is 0.392 e. The number of rotatable bonds is 5. The van der Waals surface area contributed by atoms with Gasteiger partial charge in [-0.25, -0.2) is 9.97 Å². The van der Waals surface area contributed by atoms with Gasteiger partial charge in [-0.1, -0.05) is 32.0 Å². The lowest BCUT2D eigenvalue weighted by atomic mass is 9.97. The van der Waals surface area contributed by atoms with Crippen LogP contribution in [0.4, 0.5) is 5.69 Å². The molecule has 1 aromatic carbocycles. The SMILES string of the molecule is Cn1cc(-c2nc3cccnc3n2-c2cccc(NC(=O)c3noc(C(C)(C)C)n3)c2CO)cn1. The molecule has 0 saturated heterocycles. The van der Waals surface area contributed by atoms with Gasteiger partial charge in [-0.2, -0.15) is 10.1 Å². The van der Waals surface area contributed by atoms with Gasteiger partial charge in [0.2, 0.25) is 5.89 Å². The number of carbonyl (C=O) groups excluding carboxylic acids is 1. The average molecular weight is 473 g/mol. The fraction of sp³-hybridized carbons (Fsp3) is 0.250. The zero-order valence-corrected chi connectivity index (χ0v) is 19.7. The highest BCUT2D eigenvalue weighted by Gasteiger charge is 2.25. The van der Waals surface area contributed by atoms with Gasteiger partial charge in [-0.3, -0.25) is 14.0 Å². The summed E-state index contributed by atoms with van der Waals surface area (Å²) < 4.78 is 8.78. The van der Waals surface area contributed by atoms with E-state index >= 15 is 0 Å². The maximum Gasteiger partial charge on any atom is 0.297 e. The van der Waals surface area contributed by atoms with Crippen molar-refractivity contribution >= 4 is 22.8 Å². The average Bonchev–Trinajstić information content (AvgIpc) is 3.56. The number of carbonyl (C=O) groups is 1. The molecule has 2 N–H and O–H groups in total. The summed E-state index contributed by atoms with van der Waals surface area (Å²) >= 11 is 0. The maximum absolute atomic E-state index is 12.9. The predicted molar refractivity (Wildman–Crippen MR) is 128 cm³/mol. The fourth-order valence-corrected chi connectivity index (χ4v) is 3.74. The van der Waals surface area contributed by atoms with Gasteiger partial charge in [0.1, 0.15) is 11.3 Å². The molecule has 0 bridgehead atoms. The lowest BCUT2D eigenvalue weighted by Crippen LogP contribution is -2.17. The number of anilines is 1. The Morgan fingerprint density at radius 3 is 2.69 bits per heavy atom. The van der Waals surface area contributed by atoms with Crippen molar-refractivity contribution in [3.8, 4) is 17.1 Å². The Kier molecular flexibility index (Phi) is 5.40. The number of hydrogen-bond acceptors (Lipinski definition) is 8. The molecule has 178 valence electrons. The summed E-state index contributed by atoms with van der Waals surface area (Å²) in [5.74, 6) is 0.334. The van der Waals surface area contributed by atoms with Gasteiger partial charge in [0.05, 0.1) is 24.1 Å². The zero-order chi connectivity index (χ0) is 24.7. The number of amides is 1. The van der Waals surface area contributed by atoms with Crippen LogP contribution in [0.15, 0.2) is 53.4 Å². The van der Waals surface area contributed by atoms with Gasteiger partial charge >= 0.3 is 0 Å². The van der Waals surface area contributed by atoms with Gasteiger partial charge in [0.25, 0.3) is 11.7 Å². The maximum atomic E-state index is 12.9. The number of aromatic nitrogens is 7. The number of imidazole rings is 1. The standard InChI is InChI=1S/C24H24N8O3/c1-24(2,3)23-29-19(30-35-23)22(34)28-16-7-5-9-18(15(16)13-33)32-20(14-11-26-31(4)12-14)27-17-8-6-10-25-21(17)32/h5-12,33H,13H2,1-4H3,(H,28,34). The van der Waals surface area contributed by atoms with Crippen LogP contribution < -0.4 is 5.32 Å². The molecule has 35 heavy (non-hydrogen) atoms. The molecule has 0 atom stereocenters. The minimum atomic E-state index is -0.544. The molecule has 0 fully saturated rings. The Bertz CT molecular complexity index is 1540. The van der Waals surface area contributed by atoms with Crippen molar-refractivity contribution in [1.82, 2.24) is 34.5 Å². The summed E-state index contributed by atoms with van der Waals surface area (Å²) in [4.78, 5) is 26.4. The van der Waals surface area contributed by atoms with Crippen LogP contribution in [0.1, 0.15) is 42.8 Å². The van der Waals surface area contributed by atoms with Crippen LogP contribution in [-0.4, -0.2) is 45.5 Å². The van der Waals surface area contributed by atoms with Crippen molar-refractivity contribution in [1.29, 1.82) is 0 Å². The molecule has 5 rings (SSSR count). The Morgan fingerprint density at radius 2 is 2.00 bits per heavy atom. The Labute approximate surface area is 200 Å². The van der Waals surface area contributed by atoms with Gasteiger partial charge in [-0.05, 0) is 24.3 Å². The molecule has 0 spiro atoms. The second kappa shape index (κ2) is 8.44. The summed E-state index contributed by atoms with van der Waals surface area (Å²) in [6.07, 6.45) is 5.25. The third kappa shape index (κ3) is 4.06. The molecule has 5 aromatic rings. The quantitative estimate of drug-likeness (QED) is 0.398. The number of fused-ring (bicyclic) bond motifs is 1. The number of nitrogens with zero attached hydrogens (tertiary/aromatic N) is 7. The summed E-state index contributed by atoms with van der Waals surface area (Å²) in [7, 11) is 1.83. The minimum Gasteiger partial charge on any atom is -0.392 e. The first kappa shape index (κ1) is 22.4. The van der Waals surface area contributed by atoms with Crippen LogP contribution in [0.3, 0.4) is 0 Å². The highest BCUT2D eigenvalue weighted by molar-refractivity contribution is 6.02. The van der Waals surface area contributed by atoms with Gasteiger partial charge in [0.15, 0.2) is 5.65 Å². The number of aryl methyl sites for hydroxylation is 1. The molecule has 4 heterocycles. The van der Waals surface area contributed by atoms with Crippen molar-refractivity contribution in [2.75, 3.05) is 5.32 Å². The van der Waals surface area contributed by atoms with Crippen molar-refractivity contribution < 1.29 is 14.4 Å². The highest BCUT2D eigenvalue weighted by atomic mass is 16.5. The summed E-state index contributed by atoms with van der Waals surface area (Å²) in [5, 5.41) is 21.2. The second-order valence-corrected chi connectivity index (χ2v) is 9.11. The van der Waals surface area contributed by atoms with Crippen LogP contribution in [0, 0.1) is 0 Å². The summed E-state index contributed by atoms with van der Waals surface area (Å²) in [6.45, 7) is 5.40. The topological polar surface area (TPSA) is 137 Å². The molecule has 11 heteroatoms. The Hall–Kier alpha value is -4.38. The Balaban J connectivity index is 1.60.